The zero-order valence-electron chi connectivity index (χ0n) is 12.8. The molecule has 2 saturated heterocycles. The van der Waals surface area contributed by atoms with E-state index < -0.39 is 0 Å². The second kappa shape index (κ2) is 7.40. The highest BCUT2D eigenvalue weighted by Gasteiger charge is 2.22. The quantitative estimate of drug-likeness (QED) is 0.751. The highest BCUT2D eigenvalue weighted by Crippen LogP contribution is 2.19. The third-order valence-electron chi connectivity index (χ3n) is 4.11. The van der Waals surface area contributed by atoms with Gasteiger partial charge in [0, 0.05) is 38.9 Å². The van der Waals surface area contributed by atoms with Crippen molar-refractivity contribution in [2.24, 2.45) is 5.92 Å². The van der Waals surface area contributed by atoms with Gasteiger partial charge in [-0.25, -0.2) is 9.97 Å². The average Bonchev–Trinajstić information content (AvgIpc) is 3.24. The summed E-state index contributed by atoms with van der Waals surface area (Å²) in [6.45, 7) is 4.60. The molecule has 22 heavy (non-hydrogen) atoms. The minimum atomic E-state index is 0.0146. The molecule has 0 saturated carbocycles. The van der Waals surface area contributed by atoms with Gasteiger partial charge in [0.05, 0.1) is 12.5 Å². The summed E-state index contributed by atoms with van der Waals surface area (Å²) in [5, 5.41) is 6.16. The molecular weight excluding hydrogens is 282 g/mol. The van der Waals surface area contributed by atoms with Gasteiger partial charge < -0.3 is 20.3 Å². The minimum Gasteiger partial charge on any atom is -0.381 e. The van der Waals surface area contributed by atoms with Gasteiger partial charge >= 0.3 is 0 Å². The van der Waals surface area contributed by atoms with Crippen molar-refractivity contribution in [3.63, 3.8) is 0 Å². The van der Waals surface area contributed by atoms with Gasteiger partial charge in [0.2, 0.25) is 5.91 Å². The molecule has 1 atom stereocenters. The number of aromatic nitrogens is 2. The maximum atomic E-state index is 11.8. The van der Waals surface area contributed by atoms with Crippen LogP contribution in [0.1, 0.15) is 19.3 Å². The molecule has 2 aliphatic rings. The molecule has 7 nitrogen and oxygen atoms in total. The fourth-order valence-electron chi connectivity index (χ4n) is 2.82. The highest BCUT2D eigenvalue weighted by molar-refractivity contribution is 5.79. The molecule has 120 valence electrons. The Morgan fingerprint density at radius 2 is 2.18 bits per heavy atom. The van der Waals surface area contributed by atoms with Crippen molar-refractivity contribution in [1.29, 1.82) is 0 Å². The minimum absolute atomic E-state index is 0.0146. The van der Waals surface area contributed by atoms with Crippen molar-refractivity contribution in [2.45, 2.75) is 19.3 Å². The van der Waals surface area contributed by atoms with Gasteiger partial charge in [0.15, 0.2) is 0 Å². The SMILES string of the molecule is O=C(NCCNc1cc(N2CCCC2)ncn1)C1CCOC1. The van der Waals surface area contributed by atoms with E-state index in [9.17, 15) is 4.79 Å². The smallest absolute Gasteiger partial charge is 0.225 e. The summed E-state index contributed by atoms with van der Waals surface area (Å²) in [5.41, 5.74) is 0. The van der Waals surface area contributed by atoms with Gasteiger partial charge in [-0.05, 0) is 19.3 Å². The Hall–Kier alpha value is -1.89. The van der Waals surface area contributed by atoms with Gasteiger partial charge in [-0.15, -0.1) is 0 Å². The van der Waals surface area contributed by atoms with Crippen LogP contribution in [0.25, 0.3) is 0 Å². The van der Waals surface area contributed by atoms with Crippen LogP contribution in [-0.4, -0.2) is 55.3 Å². The van der Waals surface area contributed by atoms with Crippen LogP contribution in [0.2, 0.25) is 0 Å². The zero-order valence-corrected chi connectivity index (χ0v) is 12.8. The van der Waals surface area contributed by atoms with E-state index in [1.807, 2.05) is 6.07 Å². The second-order valence-electron chi connectivity index (χ2n) is 5.73. The molecule has 0 spiro atoms. The number of carbonyl (C=O) groups is 1. The summed E-state index contributed by atoms with van der Waals surface area (Å²) in [6.07, 6.45) is 4.86. The maximum Gasteiger partial charge on any atom is 0.225 e. The van der Waals surface area contributed by atoms with Crippen LogP contribution in [0.4, 0.5) is 11.6 Å². The van der Waals surface area contributed by atoms with E-state index >= 15 is 0 Å². The van der Waals surface area contributed by atoms with E-state index in [2.05, 4.69) is 25.5 Å². The lowest BCUT2D eigenvalue weighted by atomic mass is 10.1. The van der Waals surface area contributed by atoms with Crippen LogP contribution in [-0.2, 0) is 9.53 Å². The van der Waals surface area contributed by atoms with Crippen LogP contribution in [0.15, 0.2) is 12.4 Å². The molecule has 1 aromatic rings. The Kier molecular flexibility index (Phi) is 5.05. The Morgan fingerprint density at radius 1 is 1.32 bits per heavy atom. The summed E-state index contributed by atoms with van der Waals surface area (Å²) in [6, 6.07) is 1.97. The van der Waals surface area contributed by atoms with E-state index in [1.54, 1.807) is 6.33 Å². The average molecular weight is 305 g/mol. The number of rotatable bonds is 6. The topological polar surface area (TPSA) is 79.4 Å². The lowest BCUT2D eigenvalue weighted by Crippen LogP contribution is -2.34. The molecular formula is C15H23N5O2. The Bertz CT molecular complexity index is 498. The monoisotopic (exact) mass is 305 g/mol. The number of hydrogen-bond acceptors (Lipinski definition) is 6. The molecule has 3 heterocycles. The van der Waals surface area contributed by atoms with Gasteiger partial charge in [-0.3, -0.25) is 4.79 Å². The molecule has 0 bridgehead atoms. The van der Waals surface area contributed by atoms with E-state index in [1.165, 1.54) is 12.8 Å². The number of carbonyl (C=O) groups excluding carboxylic acids is 1. The Labute approximate surface area is 130 Å². The summed E-state index contributed by atoms with van der Waals surface area (Å²) >= 11 is 0. The van der Waals surface area contributed by atoms with Crippen molar-refractivity contribution in [3.8, 4) is 0 Å². The number of amides is 1. The van der Waals surface area contributed by atoms with Gasteiger partial charge in [0.1, 0.15) is 18.0 Å². The molecule has 0 aliphatic carbocycles. The molecule has 1 amide bonds. The predicted molar refractivity (Wildman–Crippen MR) is 83.9 cm³/mol. The van der Waals surface area contributed by atoms with Crippen molar-refractivity contribution >= 4 is 17.5 Å². The van der Waals surface area contributed by atoms with Crippen LogP contribution < -0.4 is 15.5 Å². The third kappa shape index (κ3) is 3.85. The molecule has 3 rings (SSSR count). The standard InChI is InChI=1S/C15H23N5O2/c21-15(12-3-8-22-10-12)17-5-4-16-13-9-14(19-11-18-13)20-6-1-2-7-20/h9,11-12H,1-8,10H2,(H,17,21)(H,16,18,19). The van der Waals surface area contributed by atoms with E-state index in [-0.39, 0.29) is 11.8 Å². The van der Waals surface area contributed by atoms with Crippen molar-refractivity contribution in [3.05, 3.63) is 12.4 Å². The molecule has 1 aromatic heterocycles. The van der Waals surface area contributed by atoms with E-state index in [0.29, 0.717) is 26.3 Å². The first-order valence-corrected chi connectivity index (χ1v) is 7.99. The molecule has 2 N–H and O–H groups in total. The van der Waals surface area contributed by atoms with Gasteiger partial charge in [0.25, 0.3) is 0 Å². The molecule has 0 aromatic carbocycles. The number of nitrogens with zero attached hydrogens (tertiary/aromatic N) is 3. The predicted octanol–water partition coefficient (Wildman–Crippen LogP) is 0.641. The second-order valence-corrected chi connectivity index (χ2v) is 5.73. The first-order valence-electron chi connectivity index (χ1n) is 7.99. The summed E-state index contributed by atoms with van der Waals surface area (Å²) in [7, 11) is 0. The summed E-state index contributed by atoms with van der Waals surface area (Å²) < 4.78 is 5.22. The zero-order chi connectivity index (χ0) is 15.2. The first-order chi connectivity index (χ1) is 10.8. The Balaban J connectivity index is 1.41. The summed E-state index contributed by atoms with van der Waals surface area (Å²) in [4.78, 5) is 22.7. The van der Waals surface area contributed by atoms with Crippen LogP contribution in [0, 0.1) is 5.92 Å². The third-order valence-corrected chi connectivity index (χ3v) is 4.11. The number of nitrogens with one attached hydrogen (secondary N) is 2. The fraction of sp³-hybridized carbons (Fsp3) is 0.667. The maximum absolute atomic E-state index is 11.8. The van der Waals surface area contributed by atoms with Crippen molar-refractivity contribution < 1.29 is 9.53 Å². The van der Waals surface area contributed by atoms with E-state index in [4.69, 9.17) is 4.74 Å². The van der Waals surface area contributed by atoms with Crippen LogP contribution in [0.5, 0.6) is 0 Å². The highest BCUT2D eigenvalue weighted by atomic mass is 16.5. The number of ether oxygens (including phenoxy) is 1. The molecule has 7 heteroatoms. The molecule has 2 aliphatic heterocycles. The Morgan fingerprint density at radius 3 is 2.95 bits per heavy atom. The number of hydrogen-bond donors (Lipinski definition) is 2. The summed E-state index contributed by atoms with van der Waals surface area (Å²) in [5.74, 6) is 1.87. The van der Waals surface area contributed by atoms with Gasteiger partial charge in [-0.1, -0.05) is 0 Å². The normalized spacial score (nSPS) is 21.1. The fourth-order valence-corrected chi connectivity index (χ4v) is 2.82. The number of anilines is 2. The van der Waals surface area contributed by atoms with Gasteiger partial charge in [-0.2, -0.15) is 0 Å². The lowest BCUT2D eigenvalue weighted by molar-refractivity contribution is -0.124. The first kappa shape index (κ1) is 15.0. The molecule has 2 fully saturated rings. The largest absolute Gasteiger partial charge is 0.381 e. The molecule has 1 unspecified atom stereocenters. The van der Waals surface area contributed by atoms with Crippen LogP contribution >= 0.6 is 0 Å². The van der Waals surface area contributed by atoms with Crippen molar-refractivity contribution in [1.82, 2.24) is 15.3 Å². The lowest BCUT2D eigenvalue weighted by Gasteiger charge is -2.16. The van der Waals surface area contributed by atoms with Crippen LogP contribution in [0.3, 0.4) is 0 Å². The van der Waals surface area contributed by atoms with Crippen molar-refractivity contribution in [2.75, 3.05) is 49.6 Å². The molecule has 0 radical (unpaired) electrons. The van der Waals surface area contributed by atoms with E-state index in [0.717, 1.165) is 31.1 Å².